The van der Waals surface area contributed by atoms with Gasteiger partial charge in [0.1, 0.15) is 0 Å². The van der Waals surface area contributed by atoms with Crippen LogP contribution in [-0.2, 0) is 9.53 Å². The van der Waals surface area contributed by atoms with E-state index in [-0.39, 0.29) is 5.92 Å². The van der Waals surface area contributed by atoms with Crippen LogP contribution in [0.25, 0.3) is 0 Å². The number of rotatable bonds is 3. The fourth-order valence-corrected chi connectivity index (χ4v) is 1.61. The van der Waals surface area contributed by atoms with Crippen molar-refractivity contribution in [3.8, 4) is 0 Å². The molecule has 0 bridgehead atoms. The van der Waals surface area contributed by atoms with Gasteiger partial charge in [0.25, 0.3) is 0 Å². The highest BCUT2D eigenvalue weighted by molar-refractivity contribution is 5.83. The van der Waals surface area contributed by atoms with Gasteiger partial charge >= 0.3 is 12.1 Å². The average Bonchev–Trinajstić information content (AvgIpc) is 2.26. The topological polar surface area (TPSA) is 75.6 Å². The van der Waals surface area contributed by atoms with Crippen LogP contribution in [0.4, 0.5) is 4.79 Å². The molecule has 0 aromatic heterocycles. The van der Waals surface area contributed by atoms with Crippen LogP contribution >= 0.6 is 0 Å². The Morgan fingerprint density at radius 1 is 1.62 bits per heavy atom. The zero-order valence-electron chi connectivity index (χ0n) is 9.27. The molecule has 0 heterocycles. The van der Waals surface area contributed by atoms with E-state index in [4.69, 9.17) is 5.11 Å². The largest absolute Gasteiger partial charge is 0.479 e. The minimum absolute atomic E-state index is 0.100. The van der Waals surface area contributed by atoms with Gasteiger partial charge in [0.15, 0.2) is 6.04 Å². The Balaban J connectivity index is 2.85. The number of carboxylic acids is 1. The highest BCUT2D eigenvalue weighted by Crippen LogP contribution is 2.23. The van der Waals surface area contributed by atoms with Crippen LogP contribution in [-0.4, -0.2) is 30.3 Å². The van der Waals surface area contributed by atoms with Crippen molar-refractivity contribution >= 4 is 12.1 Å². The SMILES string of the molecule is COC(=O)N[C@@H](C(=O)O)C1=CC=CCC1C. The Morgan fingerprint density at radius 2 is 2.31 bits per heavy atom. The van der Waals surface area contributed by atoms with E-state index in [0.29, 0.717) is 5.57 Å². The minimum Gasteiger partial charge on any atom is -0.479 e. The molecule has 0 spiro atoms. The van der Waals surface area contributed by atoms with E-state index in [1.54, 1.807) is 12.2 Å². The van der Waals surface area contributed by atoms with Crippen molar-refractivity contribution in [3.63, 3.8) is 0 Å². The number of allylic oxidation sites excluding steroid dienone is 3. The smallest absolute Gasteiger partial charge is 0.407 e. The Kier molecular flexibility index (Phi) is 4.10. The summed E-state index contributed by atoms with van der Waals surface area (Å²) in [4.78, 5) is 22.1. The number of ether oxygens (including phenoxy) is 1. The predicted octanol–water partition coefficient (Wildman–Crippen LogP) is 1.32. The molecule has 2 N–H and O–H groups in total. The van der Waals surface area contributed by atoms with Crippen LogP contribution in [0.2, 0.25) is 0 Å². The Morgan fingerprint density at radius 3 is 2.81 bits per heavy atom. The maximum absolute atomic E-state index is 11.1. The van der Waals surface area contributed by atoms with Gasteiger partial charge in [-0.1, -0.05) is 25.2 Å². The number of nitrogens with one attached hydrogen (secondary N) is 1. The third-order valence-corrected chi connectivity index (χ3v) is 2.51. The Hall–Kier alpha value is -1.78. The molecule has 1 rings (SSSR count). The lowest BCUT2D eigenvalue weighted by Gasteiger charge is -2.23. The molecule has 1 aliphatic rings. The number of carbonyl (C=O) groups is 2. The zero-order valence-corrected chi connectivity index (χ0v) is 9.27. The quantitative estimate of drug-likeness (QED) is 0.759. The molecule has 1 unspecified atom stereocenters. The van der Waals surface area contributed by atoms with Gasteiger partial charge in [-0.25, -0.2) is 9.59 Å². The molecule has 1 amide bonds. The van der Waals surface area contributed by atoms with Crippen LogP contribution in [0.1, 0.15) is 13.3 Å². The average molecular weight is 225 g/mol. The first-order valence-corrected chi connectivity index (χ1v) is 5.00. The lowest BCUT2D eigenvalue weighted by atomic mass is 9.88. The summed E-state index contributed by atoms with van der Waals surface area (Å²) in [6, 6.07) is -1.02. The summed E-state index contributed by atoms with van der Waals surface area (Å²) < 4.78 is 4.40. The first-order chi connectivity index (χ1) is 7.56. The second-order valence-corrected chi connectivity index (χ2v) is 3.64. The molecular weight excluding hydrogens is 210 g/mol. The van der Waals surface area contributed by atoms with Crippen molar-refractivity contribution < 1.29 is 19.4 Å². The van der Waals surface area contributed by atoms with Gasteiger partial charge in [0.2, 0.25) is 0 Å². The summed E-state index contributed by atoms with van der Waals surface area (Å²) in [5, 5.41) is 11.4. The number of aliphatic carboxylic acids is 1. The van der Waals surface area contributed by atoms with Crippen LogP contribution < -0.4 is 5.32 Å². The fourth-order valence-electron chi connectivity index (χ4n) is 1.61. The third kappa shape index (κ3) is 2.85. The van der Waals surface area contributed by atoms with E-state index >= 15 is 0 Å². The molecular formula is C11H15NO4. The van der Waals surface area contributed by atoms with Crippen molar-refractivity contribution in [1.29, 1.82) is 0 Å². The normalized spacial score (nSPS) is 20.9. The van der Waals surface area contributed by atoms with Crippen molar-refractivity contribution in [2.45, 2.75) is 19.4 Å². The van der Waals surface area contributed by atoms with E-state index in [1.165, 1.54) is 7.11 Å². The fraction of sp³-hybridized carbons (Fsp3) is 0.455. The first kappa shape index (κ1) is 12.3. The van der Waals surface area contributed by atoms with Crippen LogP contribution in [0.3, 0.4) is 0 Å². The molecule has 88 valence electrons. The maximum atomic E-state index is 11.1. The van der Waals surface area contributed by atoms with E-state index in [9.17, 15) is 9.59 Å². The summed E-state index contributed by atoms with van der Waals surface area (Å²) in [7, 11) is 1.20. The predicted molar refractivity (Wildman–Crippen MR) is 58.0 cm³/mol. The van der Waals surface area contributed by atoms with E-state index in [2.05, 4.69) is 10.1 Å². The highest BCUT2D eigenvalue weighted by Gasteiger charge is 2.28. The summed E-state index contributed by atoms with van der Waals surface area (Å²) in [6.07, 6.45) is 5.52. The second-order valence-electron chi connectivity index (χ2n) is 3.64. The van der Waals surface area contributed by atoms with E-state index in [1.807, 2.05) is 13.0 Å². The molecule has 0 aromatic carbocycles. The number of carbonyl (C=O) groups excluding carboxylic acids is 1. The number of carboxylic acid groups (broad SMARTS) is 1. The third-order valence-electron chi connectivity index (χ3n) is 2.51. The molecule has 0 aromatic rings. The number of hydrogen-bond donors (Lipinski definition) is 2. The van der Waals surface area contributed by atoms with Gasteiger partial charge in [-0.05, 0) is 17.9 Å². The molecule has 0 aliphatic heterocycles. The molecule has 0 saturated carbocycles. The van der Waals surface area contributed by atoms with Gasteiger partial charge in [0.05, 0.1) is 7.11 Å². The zero-order chi connectivity index (χ0) is 12.1. The molecule has 0 fully saturated rings. The number of alkyl carbamates (subject to hydrolysis) is 1. The summed E-state index contributed by atoms with van der Waals surface area (Å²) in [6.45, 7) is 1.92. The van der Waals surface area contributed by atoms with E-state index < -0.39 is 18.1 Å². The molecule has 16 heavy (non-hydrogen) atoms. The van der Waals surface area contributed by atoms with Crippen LogP contribution in [0, 0.1) is 5.92 Å². The Bertz CT molecular complexity index is 346. The monoisotopic (exact) mass is 225 g/mol. The summed E-state index contributed by atoms with van der Waals surface area (Å²) in [5.74, 6) is -0.984. The van der Waals surface area contributed by atoms with Crippen molar-refractivity contribution in [1.82, 2.24) is 5.32 Å². The standard InChI is InChI=1S/C11H15NO4/c1-7-5-3-4-6-8(7)9(10(13)14)12-11(15)16-2/h3-4,6-7,9H,5H2,1-2H3,(H,12,15)(H,13,14)/t7?,9-/m1/s1. The van der Waals surface area contributed by atoms with Gasteiger partial charge < -0.3 is 15.2 Å². The lowest BCUT2D eigenvalue weighted by molar-refractivity contribution is -0.138. The molecule has 2 atom stereocenters. The van der Waals surface area contributed by atoms with Crippen molar-refractivity contribution in [3.05, 3.63) is 23.8 Å². The lowest BCUT2D eigenvalue weighted by Crippen LogP contribution is -2.43. The number of amides is 1. The van der Waals surface area contributed by atoms with Gasteiger partial charge in [-0.3, -0.25) is 0 Å². The number of hydrogen-bond acceptors (Lipinski definition) is 3. The molecule has 5 heteroatoms. The van der Waals surface area contributed by atoms with Crippen molar-refractivity contribution in [2.24, 2.45) is 5.92 Å². The molecule has 5 nitrogen and oxygen atoms in total. The summed E-state index contributed by atoms with van der Waals surface area (Å²) >= 11 is 0. The van der Waals surface area contributed by atoms with Crippen LogP contribution in [0.5, 0.6) is 0 Å². The first-order valence-electron chi connectivity index (χ1n) is 5.00. The highest BCUT2D eigenvalue weighted by atomic mass is 16.5. The van der Waals surface area contributed by atoms with Crippen molar-refractivity contribution in [2.75, 3.05) is 7.11 Å². The van der Waals surface area contributed by atoms with Gasteiger partial charge in [-0.15, -0.1) is 0 Å². The van der Waals surface area contributed by atoms with E-state index in [0.717, 1.165) is 6.42 Å². The molecule has 0 radical (unpaired) electrons. The second kappa shape index (κ2) is 5.34. The Labute approximate surface area is 93.8 Å². The number of methoxy groups -OCH3 is 1. The molecule has 1 aliphatic carbocycles. The minimum atomic E-state index is -1.08. The van der Waals surface area contributed by atoms with Gasteiger partial charge in [0, 0.05) is 0 Å². The summed E-state index contributed by atoms with van der Waals surface area (Å²) in [5.41, 5.74) is 0.681. The van der Waals surface area contributed by atoms with Crippen LogP contribution in [0.15, 0.2) is 23.8 Å². The maximum Gasteiger partial charge on any atom is 0.407 e. The molecule has 0 saturated heterocycles. The van der Waals surface area contributed by atoms with Gasteiger partial charge in [-0.2, -0.15) is 0 Å².